The summed E-state index contributed by atoms with van der Waals surface area (Å²) < 4.78 is 12.4. The van der Waals surface area contributed by atoms with E-state index < -0.39 is 6.17 Å². The molecule has 0 aromatic rings. The molecule has 0 aromatic heterocycles. The fraction of sp³-hybridized carbons (Fsp3) is 1.00. The molecule has 2 N–H and O–H groups in total. The maximum Gasteiger partial charge on any atom is 0.102 e. The third-order valence-electron chi connectivity index (χ3n) is 1.65. The molecule has 0 heterocycles. The Morgan fingerprint density at radius 1 is 1.33 bits per heavy atom. The molecular weight excluding hydrogens is 141 g/mol. The standard InChI is InChI=1S/C6H12FN.ClH/c7-5-2-1-3-6(8)4-5;/h5-6H,1-4,8H2;1H. The highest BCUT2D eigenvalue weighted by Crippen LogP contribution is 2.18. The summed E-state index contributed by atoms with van der Waals surface area (Å²) in [6.45, 7) is 0. The monoisotopic (exact) mass is 153 g/mol. The van der Waals surface area contributed by atoms with Crippen LogP contribution in [0.25, 0.3) is 0 Å². The molecule has 1 nitrogen and oxygen atoms in total. The van der Waals surface area contributed by atoms with Gasteiger partial charge < -0.3 is 5.73 Å². The molecule has 1 aliphatic rings. The molecule has 0 amide bonds. The van der Waals surface area contributed by atoms with Crippen LogP contribution in [0.15, 0.2) is 0 Å². The lowest BCUT2D eigenvalue weighted by Gasteiger charge is -2.19. The van der Waals surface area contributed by atoms with Gasteiger partial charge in [0.1, 0.15) is 6.17 Å². The fourth-order valence-electron chi connectivity index (χ4n) is 1.17. The third kappa shape index (κ3) is 3.01. The largest absolute Gasteiger partial charge is 0.328 e. The molecule has 0 saturated heterocycles. The van der Waals surface area contributed by atoms with Gasteiger partial charge in [-0.3, -0.25) is 0 Å². The first-order valence-electron chi connectivity index (χ1n) is 3.18. The quantitative estimate of drug-likeness (QED) is 0.563. The highest BCUT2D eigenvalue weighted by atomic mass is 35.5. The summed E-state index contributed by atoms with van der Waals surface area (Å²) in [4.78, 5) is 0. The van der Waals surface area contributed by atoms with E-state index in [-0.39, 0.29) is 18.4 Å². The third-order valence-corrected chi connectivity index (χ3v) is 1.65. The van der Waals surface area contributed by atoms with Crippen molar-refractivity contribution in [1.82, 2.24) is 0 Å². The molecule has 1 rings (SSSR count). The molecule has 0 aliphatic heterocycles. The van der Waals surface area contributed by atoms with Gasteiger partial charge in [-0.2, -0.15) is 0 Å². The molecule has 0 spiro atoms. The summed E-state index contributed by atoms with van der Waals surface area (Å²) in [6.07, 6.45) is 2.69. The van der Waals surface area contributed by atoms with Crippen molar-refractivity contribution in [3.63, 3.8) is 0 Å². The van der Waals surface area contributed by atoms with E-state index >= 15 is 0 Å². The molecule has 3 heteroatoms. The number of hydrogen-bond acceptors (Lipinski definition) is 1. The zero-order chi connectivity index (χ0) is 5.98. The van der Waals surface area contributed by atoms with Crippen LogP contribution in [-0.4, -0.2) is 12.2 Å². The van der Waals surface area contributed by atoms with Crippen LogP contribution in [0, 0.1) is 0 Å². The smallest absolute Gasteiger partial charge is 0.102 e. The van der Waals surface area contributed by atoms with Crippen molar-refractivity contribution >= 4 is 12.4 Å². The van der Waals surface area contributed by atoms with Crippen molar-refractivity contribution in [2.75, 3.05) is 0 Å². The Balaban J connectivity index is 0.000000640. The van der Waals surface area contributed by atoms with Crippen LogP contribution in [0.2, 0.25) is 0 Å². The van der Waals surface area contributed by atoms with E-state index in [1.165, 1.54) is 0 Å². The van der Waals surface area contributed by atoms with Crippen molar-refractivity contribution in [1.29, 1.82) is 0 Å². The van der Waals surface area contributed by atoms with Gasteiger partial charge in [-0.05, 0) is 25.7 Å². The van der Waals surface area contributed by atoms with Crippen molar-refractivity contribution in [3.05, 3.63) is 0 Å². The molecule has 0 radical (unpaired) electrons. The average molecular weight is 154 g/mol. The molecule has 1 aliphatic carbocycles. The first-order chi connectivity index (χ1) is 3.79. The summed E-state index contributed by atoms with van der Waals surface area (Å²) in [5, 5.41) is 0. The lowest BCUT2D eigenvalue weighted by molar-refractivity contribution is 0.232. The van der Waals surface area contributed by atoms with E-state index in [2.05, 4.69) is 0 Å². The minimum Gasteiger partial charge on any atom is -0.328 e. The first-order valence-corrected chi connectivity index (χ1v) is 3.18. The second-order valence-corrected chi connectivity index (χ2v) is 2.52. The van der Waals surface area contributed by atoms with Crippen LogP contribution in [0.3, 0.4) is 0 Å². The SMILES string of the molecule is Cl.NC1CCCC(F)C1. The summed E-state index contributed by atoms with van der Waals surface area (Å²) in [7, 11) is 0. The van der Waals surface area contributed by atoms with Gasteiger partial charge in [0.05, 0.1) is 0 Å². The Labute approximate surface area is 61.2 Å². The second-order valence-electron chi connectivity index (χ2n) is 2.52. The van der Waals surface area contributed by atoms with Crippen LogP contribution in [0.1, 0.15) is 25.7 Å². The number of rotatable bonds is 0. The molecule has 0 bridgehead atoms. The van der Waals surface area contributed by atoms with E-state index in [4.69, 9.17) is 5.73 Å². The van der Waals surface area contributed by atoms with Crippen LogP contribution in [0.5, 0.6) is 0 Å². The first kappa shape index (κ1) is 9.18. The lowest BCUT2D eigenvalue weighted by Crippen LogP contribution is -2.28. The Bertz CT molecular complexity index is 71.5. The molecule has 56 valence electrons. The molecule has 9 heavy (non-hydrogen) atoms. The topological polar surface area (TPSA) is 26.0 Å². The van der Waals surface area contributed by atoms with Gasteiger partial charge in [0, 0.05) is 6.04 Å². The maximum absolute atomic E-state index is 12.4. The second kappa shape index (κ2) is 4.07. The fourth-order valence-corrected chi connectivity index (χ4v) is 1.17. The minimum absolute atomic E-state index is 0. The van der Waals surface area contributed by atoms with Gasteiger partial charge in [-0.15, -0.1) is 12.4 Å². The highest BCUT2D eigenvalue weighted by molar-refractivity contribution is 5.85. The zero-order valence-corrected chi connectivity index (χ0v) is 6.16. The Hall–Kier alpha value is 0.180. The summed E-state index contributed by atoms with van der Waals surface area (Å²) >= 11 is 0. The molecule has 1 fully saturated rings. The van der Waals surface area contributed by atoms with Crippen LogP contribution >= 0.6 is 12.4 Å². The number of hydrogen-bond donors (Lipinski definition) is 1. The van der Waals surface area contributed by atoms with Gasteiger partial charge in [0.2, 0.25) is 0 Å². The summed E-state index contributed by atoms with van der Waals surface area (Å²) in [5.74, 6) is 0. The lowest BCUT2D eigenvalue weighted by atomic mass is 9.95. The van der Waals surface area contributed by atoms with Crippen LogP contribution < -0.4 is 5.73 Å². The van der Waals surface area contributed by atoms with Gasteiger partial charge in [-0.1, -0.05) is 0 Å². The highest BCUT2D eigenvalue weighted by Gasteiger charge is 2.17. The molecule has 0 aromatic carbocycles. The van der Waals surface area contributed by atoms with E-state index in [1.807, 2.05) is 0 Å². The van der Waals surface area contributed by atoms with E-state index in [9.17, 15) is 4.39 Å². The van der Waals surface area contributed by atoms with Gasteiger partial charge in [0.15, 0.2) is 0 Å². The predicted octanol–water partition coefficient (Wildman–Crippen LogP) is 1.65. The van der Waals surface area contributed by atoms with Crippen molar-refractivity contribution in [2.24, 2.45) is 5.73 Å². The van der Waals surface area contributed by atoms with E-state index in [0.29, 0.717) is 6.42 Å². The average Bonchev–Trinajstić information content (AvgIpc) is 1.64. The molecule has 2 atom stereocenters. The Morgan fingerprint density at radius 2 is 2.00 bits per heavy atom. The van der Waals surface area contributed by atoms with Crippen molar-refractivity contribution < 1.29 is 4.39 Å². The van der Waals surface area contributed by atoms with Gasteiger partial charge in [0.25, 0.3) is 0 Å². The molecule has 1 saturated carbocycles. The van der Waals surface area contributed by atoms with Gasteiger partial charge >= 0.3 is 0 Å². The maximum atomic E-state index is 12.4. The van der Waals surface area contributed by atoms with Crippen LogP contribution in [-0.2, 0) is 0 Å². The van der Waals surface area contributed by atoms with Crippen molar-refractivity contribution in [3.8, 4) is 0 Å². The summed E-state index contributed by atoms with van der Waals surface area (Å²) in [5.41, 5.74) is 5.49. The Kier molecular flexibility index (Phi) is 4.15. The molecule has 2 unspecified atom stereocenters. The van der Waals surface area contributed by atoms with Crippen molar-refractivity contribution in [2.45, 2.75) is 37.9 Å². The van der Waals surface area contributed by atoms with E-state index in [1.54, 1.807) is 0 Å². The Morgan fingerprint density at radius 3 is 2.33 bits per heavy atom. The zero-order valence-electron chi connectivity index (χ0n) is 5.35. The summed E-state index contributed by atoms with van der Waals surface area (Å²) in [6, 6.07) is 0.138. The predicted molar refractivity (Wildman–Crippen MR) is 38.6 cm³/mol. The molecular formula is C6H13ClFN. The number of nitrogens with two attached hydrogens (primary N) is 1. The van der Waals surface area contributed by atoms with E-state index in [0.717, 1.165) is 19.3 Å². The van der Waals surface area contributed by atoms with Gasteiger partial charge in [-0.25, -0.2) is 4.39 Å². The number of alkyl halides is 1. The normalized spacial score (nSPS) is 35.3. The number of halogens is 2. The minimum atomic E-state index is -0.612. The van der Waals surface area contributed by atoms with Crippen LogP contribution in [0.4, 0.5) is 4.39 Å².